The average Bonchev–Trinajstić information content (AvgIpc) is 3.17. The fourth-order valence-corrected chi connectivity index (χ4v) is 3.52. The first-order valence-corrected chi connectivity index (χ1v) is 10.3. The minimum absolute atomic E-state index is 0.155. The summed E-state index contributed by atoms with van der Waals surface area (Å²) >= 11 is 5.97. The highest BCUT2D eigenvalue weighted by atomic mass is 35.5. The molecule has 0 fully saturated rings. The van der Waals surface area contributed by atoms with Gasteiger partial charge < -0.3 is 10.1 Å². The Labute approximate surface area is 185 Å². The second-order valence-electron chi connectivity index (χ2n) is 7.07. The van der Waals surface area contributed by atoms with Crippen molar-refractivity contribution < 1.29 is 9.53 Å². The number of hydrogen-bond donors (Lipinski definition) is 1. The number of benzene rings is 2. The van der Waals surface area contributed by atoms with Crippen molar-refractivity contribution >= 4 is 29.0 Å². The molecule has 0 atom stereocenters. The summed E-state index contributed by atoms with van der Waals surface area (Å²) in [6.45, 7) is 6.22. The zero-order valence-corrected chi connectivity index (χ0v) is 18.3. The zero-order valence-electron chi connectivity index (χ0n) is 17.5. The SMILES string of the molecule is CCOc1ccccc1NC(=O)Cc1c(C)nc2nc(-c3ccc(Cl)cc3)nn2c1C. The van der Waals surface area contributed by atoms with Gasteiger partial charge in [-0.2, -0.15) is 4.98 Å². The molecule has 158 valence electrons. The molecule has 7 nitrogen and oxygen atoms in total. The van der Waals surface area contributed by atoms with E-state index in [1.807, 2.05) is 57.2 Å². The summed E-state index contributed by atoms with van der Waals surface area (Å²) in [5, 5.41) is 8.17. The average molecular weight is 436 g/mol. The van der Waals surface area contributed by atoms with Crippen LogP contribution in [-0.2, 0) is 11.2 Å². The third-order valence-corrected chi connectivity index (χ3v) is 5.20. The van der Waals surface area contributed by atoms with Crippen molar-refractivity contribution in [1.29, 1.82) is 0 Å². The Kier molecular flexibility index (Phi) is 5.86. The number of para-hydroxylation sites is 2. The molecular formula is C23H22ClN5O2. The predicted molar refractivity (Wildman–Crippen MR) is 121 cm³/mol. The second kappa shape index (κ2) is 8.73. The summed E-state index contributed by atoms with van der Waals surface area (Å²) in [4.78, 5) is 21.9. The molecule has 0 aliphatic heterocycles. The van der Waals surface area contributed by atoms with Crippen LogP contribution < -0.4 is 10.1 Å². The van der Waals surface area contributed by atoms with E-state index < -0.39 is 0 Å². The molecule has 8 heteroatoms. The first-order valence-electron chi connectivity index (χ1n) is 9.96. The summed E-state index contributed by atoms with van der Waals surface area (Å²) in [5.41, 5.74) is 3.87. The first-order chi connectivity index (χ1) is 15.0. The third-order valence-electron chi connectivity index (χ3n) is 4.95. The van der Waals surface area contributed by atoms with Crippen LogP contribution in [-0.4, -0.2) is 32.1 Å². The van der Waals surface area contributed by atoms with Gasteiger partial charge in [0.15, 0.2) is 5.82 Å². The van der Waals surface area contributed by atoms with Gasteiger partial charge in [-0.1, -0.05) is 23.7 Å². The lowest BCUT2D eigenvalue weighted by molar-refractivity contribution is -0.115. The van der Waals surface area contributed by atoms with E-state index in [2.05, 4.69) is 20.4 Å². The number of nitrogens with one attached hydrogen (secondary N) is 1. The molecule has 0 bridgehead atoms. The molecule has 2 aromatic carbocycles. The van der Waals surface area contributed by atoms with Crippen LogP contribution in [0.5, 0.6) is 5.75 Å². The normalized spacial score (nSPS) is 11.0. The topological polar surface area (TPSA) is 81.4 Å². The Morgan fingerprint density at radius 2 is 1.84 bits per heavy atom. The molecular weight excluding hydrogens is 414 g/mol. The number of carbonyl (C=O) groups excluding carboxylic acids is 1. The molecule has 0 unspecified atom stereocenters. The molecule has 1 amide bonds. The third kappa shape index (κ3) is 4.36. The van der Waals surface area contributed by atoms with E-state index in [9.17, 15) is 4.79 Å². The number of rotatable bonds is 6. The van der Waals surface area contributed by atoms with Crippen molar-refractivity contribution in [3.63, 3.8) is 0 Å². The van der Waals surface area contributed by atoms with Crippen LogP contribution in [0.3, 0.4) is 0 Å². The highest BCUT2D eigenvalue weighted by Crippen LogP contribution is 2.25. The summed E-state index contributed by atoms with van der Waals surface area (Å²) < 4.78 is 7.26. The molecule has 0 spiro atoms. The van der Waals surface area contributed by atoms with Gasteiger partial charge in [0.25, 0.3) is 5.78 Å². The standard InChI is InChI=1S/C23H22ClN5O2/c1-4-31-20-8-6-5-7-19(20)26-21(30)13-18-14(2)25-23-27-22(28-29(23)15(18)3)16-9-11-17(24)12-10-16/h5-12H,4,13H2,1-3H3,(H,26,30). The Morgan fingerprint density at radius 1 is 1.10 bits per heavy atom. The van der Waals surface area contributed by atoms with Crippen LogP contribution >= 0.6 is 11.6 Å². The summed E-state index contributed by atoms with van der Waals surface area (Å²) in [6.07, 6.45) is 0.164. The Bertz CT molecular complexity index is 1250. The quantitative estimate of drug-likeness (QED) is 0.477. The number of ether oxygens (including phenoxy) is 1. The number of amides is 1. The number of carbonyl (C=O) groups is 1. The highest BCUT2D eigenvalue weighted by molar-refractivity contribution is 6.30. The lowest BCUT2D eigenvalue weighted by Gasteiger charge is -2.13. The Hall–Kier alpha value is -3.45. The van der Waals surface area contributed by atoms with Crippen LogP contribution in [0.4, 0.5) is 5.69 Å². The smallest absolute Gasteiger partial charge is 0.253 e. The summed E-state index contributed by atoms with van der Waals surface area (Å²) in [6, 6.07) is 14.7. The van der Waals surface area contributed by atoms with Crippen molar-refractivity contribution in [3.05, 3.63) is 70.5 Å². The van der Waals surface area contributed by atoms with Gasteiger partial charge in [-0.05, 0) is 57.2 Å². The van der Waals surface area contributed by atoms with Gasteiger partial charge in [0, 0.05) is 27.5 Å². The van der Waals surface area contributed by atoms with E-state index in [1.165, 1.54) is 0 Å². The molecule has 0 aliphatic rings. The van der Waals surface area contributed by atoms with Gasteiger partial charge in [0.05, 0.1) is 18.7 Å². The number of nitrogens with zero attached hydrogens (tertiary/aromatic N) is 4. The van der Waals surface area contributed by atoms with E-state index in [1.54, 1.807) is 16.6 Å². The van der Waals surface area contributed by atoms with E-state index in [4.69, 9.17) is 16.3 Å². The van der Waals surface area contributed by atoms with Crippen molar-refractivity contribution in [1.82, 2.24) is 19.6 Å². The fraction of sp³-hybridized carbons (Fsp3) is 0.217. The maximum atomic E-state index is 12.8. The minimum atomic E-state index is -0.155. The maximum absolute atomic E-state index is 12.8. The molecule has 2 aromatic heterocycles. The molecule has 0 saturated carbocycles. The summed E-state index contributed by atoms with van der Waals surface area (Å²) in [5.74, 6) is 1.53. The zero-order chi connectivity index (χ0) is 22.0. The monoisotopic (exact) mass is 435 g/mol. The number of aromatic nitrogens is 4. The number of fused-ring (bicyclic) bond motifs is 1. The van der Waals surface area contributed by atoms with E-state index >= 15 is 0 Å². The molecule has 0 aliphatic carbocycles. The Balaban J connectivity index is 1.62. The summed E-state index contributed by atoms with van der Waals surface area (Å²) in [7, 11) is 0. The van der Waals surface area contributed by atoms with Crippen LogP contribution in [0.15, 0.2) is 48.5 Å². The molecule has 1 N–H and O–H groups in total. The van der Waals surface area contributed by atoms with Gasteiger partial charge in [0.1, 0.15) is 5.75 Å². The van der Waals surface area contributed by atoms with Crippen LogP contribution in [0.1, 0.15) is 23.9 Å². The van der Waals surface area contributed by atoms with Gasteiger partial charge in [0.2, 0.25) is 5.91 Å². The lowest BCUT2D eigenvalue weighted by atomic mass is 10.1. The van der Waals surface area contributed by atoms with E-state index in [0.29, 0.717) is 34.7 Å². The highest BCUT2D eigenvalue weighted by Gasteiger charge is 2.17. The Morgan fingerprint density at radius 3 is 2.58 bits per heavy atom. The van der Waals surface area contributed by atoms with Gasteiger partial charge in [-0.3, -0.25) is 4.79 Å². The van der Waals surface area contributed by atoms with Gasteiger partial charge >= 0.3 is 0 Å². The number of anilines is 1. The van der Waals surface area contributed by atoms with Crippen molar-refractivity contribution in [2.75, 3.05) is 11.9 Å². The first kappa shape index (κ1) is 20.8. The fourth-order valence-electron chi connectivity index (χ4n) is 3.39. The number of aryl methyl sites for hydroxylation is 2. The molecule has 0 saturated heterocycles. The minimum Gasteiger partial charge on any atom is -0.492 e. The number of halogens is 1. The largest absolute Gasteiger partial charge is 0.492 e. The van der Waals surface area contributed by atoms with Crippen LogP contribution in [0.2, 0.25) is 5.02 Å². The number of hydrogen-bond acceptors (Lipinski definition) is 5. The second-order valence-corrected chi connectivity index (χ2v) is 7.51. The maximum Gasteiger partial charge on any atom is 0.253 e. The molecule has 4 aromatic rings. The van der Waals surface area contributed by atoms with Gasteiger partial charge in [-0.25, -0.2) is 9.50 Å². The van der Waals surface area contributed by atoms with Gasteiger partial charge in [-0.15, -0.1) is 5.10 Å². The molecule has 2 heterocycles. The van der Waals surface area contributed by atoms with Crippen molar-refractivity contribution in [2.24, 2.45) is 0 Å². The predicted octanol–water partition coefficient (Wildman–Crippen LogP) is 4.64. The molecule has 31 heavy (non-hydrogen) atoms. The molecule has 0 radical (unpaired) electrons. The van der Waals surface area contributed by atoms with Crippen molar-refractivity contribution in [2.45, 2.75) is 27.2 Å². The van der Waals surface area contributed by atoms with Crippen molar-refractivity contribution in [3.8, 4) is 17.1 Å². The van der Waals surface area contributed by atoms with E-state index in [-0.39, 0.29) is 12.3 Å². The molecule has 4 rings (SSSR count). The van der Waals surface area contributed by atoms with E-state index in [0.717, 1.165) is 22.5 Å². The lowest BCUT2D eigenvalue weighted by Crippen LogP contribution is -2.18. The van der Waals surface area contributed by atoms with Crippen LogP contribution in [0, 0.1) is 13.8 Å². The van der Waals surface area contributed by atoms with Crippen LogP contribution in [0.25, 0.3) is 17.2 Å².